The molecule has 3 rings (SSSR count). The summed E-state index contributed by atoms with van der Waals surface area (Å²) in [5.41, 5.74) is -2.12. The van der Waals surface area contributed by atoms with Gasteiger partial charge < -0.3 is 0 Å². The highest BCUT2D eigenvalue weighted by Crippen LogP contribution is 2.41. The fourth-order valence-corrected chi connectivity index (χ4v) is 4.55. The van der Waals surface area contributed by atoms with Crippen LogP contribution in [0.5, 0.6) is 0 Å². The molecule has 0 radical (unpaired) electrons. The lowest BCUT2D eigenvalue weighted by atomic mass is 9.77. The Morgan fingerprint density at radius 3 is 2.13 bits per heavy atom. The lowest BCUT2D eigenvalue weighted by Gasteiger charge is -2.29. The lowest BCUT2D eigenvalue weighted by molar-refractivity contribution is 0.302. The number of benzene rings is 2. The topological polar surface area (TPSA) is 12.4 Å². The minimum Gasteiger partial charge on any atom is -0.206 e. The third kappa shape index (κ3) is 5.04. The predicted molar refractivity (Wildman–Crippen MR) is 115 cm³/mol. The van der Waals surface area contributed by atoms with Gasteiger partial charge in [-0.05, 0) is 61.4 Å². The maximum atomic E-state index is 14.8. The maximum Gasteiger partial charge on any atom is 0.189 e. The van der Waals surface area contributed by atoms with Crippen LogP contribution < -0.4 is 0 Å². The smallest absolute Gasteiger partial charge is 0.189 e. The van der Waals surface area contributed by atoms with Crippen LogP contribution in [0, 0.1) is 35.0 Å². The van der Waals surface area contributed by atoms with Gasteiger partial charge in [-0.1, -0.05) is 44.7 Å². The molecule has 1 aliphatic carbocycles. The first kappa shape index (κ1) is 23.6. The Morgan fingerprint density at radius 1 is 0.935 bits per heavy atom. The van der Waals surface area contributed by atoms with Crippen LogP contribution in [0.15, 0.2) is 23.2 Å². The Kier molecular flexibility index (Phi) is 7.95. The summed E-state index contributed by atoms with van der Waals surface area (Å²) >= 11 is 4.24. The first-order valence-corrected chi connectivity index (χ1v) is 11.0. The summed E-state index contributed by atoms with van der Waals surface area (Å²) < 4.78 is 72.0. The van der Waals surface area contributed by atoms with Crippen LogP contribution >= 0.6 is 12.2 Å². The molecule has 2 aromatic carbocycles. The molecule has 0 saturated heterocycles. The third-order valence-corrected chi connectivity index (χ3v) is 6.29. The molecule has 0 amide bonds. The van der Waals surface area contributed by atoms with Crippen LogP contribution in [0.3, 0.4) is 0 Å². The summed E-state index contributed by atoms with van der Waals surface area (Å²) in [6.45, 7) is 2.18. The zero-order chi connectivity index (χ0) is 22.5. The fraction of sp³-hybridized carbons (Fsp3) is 0.458. The second-order valence-electron chi connectivity index (χ2n) is 8.14. The molecule has 1 aliphatic rings. The molecule has 0 heterocycles. The number of aliphatic imine (C=N–C) groups is 1. The molecule has 0 aromatic heterocycles. The second kappa shape index (κ2) is 10.5. The van der Waals surface area contributed by atoms with E-state index in [1.807, 2.05) is 0 Å². The van der Waals surface area contributed by atoms with Gasteiger partial charge in [-0.15, -0.1) is 0 Å². The van der Waals surface area contributed by atoms with Crippen molar-refractivity contribution >= 4 is 23.1 Å². The van der Waals surface area contributed by atoms with E-state index in [1.165, 1.54) is 37.8 Å². The molecule has 1 saturated carbocycles. The molecule has 0 spiro atoms. The molecule has 0 bridgehead atoms. The van der Waals surface area contributed by atoms with Gasteiger partial charge in [-0.25, -0.2) is 22.0 Å². The van der Waals surface area contributed by atoms with E-state index in [4.69, 9.17) is 0 Å². The standard InChI is InChI=1S/C24H24F5NS/c1-2-3-4-5-14-6-8-15(9-7-14)16-10-11-17(18(25)12-16)19-20(26)22(28)24(30-13-31)23(29)21(19)27/h10-12,14-15H,2-9H2,1H3. The van der Waals surface area contributed by atoms with E-state index in [1.54, 1.807) is 11.2 Å². The summed E-state index contributed by atoms with van der Waals surface area (Å²) in [5, 5.41) is 1.67. The van der Waals surface area contributed by atoms with Crippen molar-refractivity contribution in [3.63, 3.8) is 0 Å². The minimum atomic E-state index is -1.74. The maximum absolute atomic E-state index is 14.8. The molecule has 0 unspecified atom stereocenters. The van der Waals surface area contributed by atoms with Crippen molar-refractivity contribution in [2.45, 2.75) is 64.2 Å². The zero-order valence-corrected chi connectivity index (χ0v) is 18.1. The number of unbranched alkanes of at least 4 members (excludes halogenated alkanes) is 2. The van der Waals surface area contributed by atoms with Gasteiger partial charge in [-0.2, -0.15) is 4.99 Å². The molecule has 0 aliphatic heterocycles. The van der Waals surface area contributed by atoms with Crippen LogP contribution in [0.25, 0.3) is 11.1 Å². The van der Waals surface area contributed by atoms with E-state index >= 15 is 0 Å². The van der Waals surface area contributed by atoms with Gasteiger partial charge in [0.25, 0.3) is 0 Å². The quantitative estimate of drug-likeness (QED) is 0.134. The number of hydrogen-bond donors (Lipinski definition) is 0. The van der Waals surface area contributed by atoms with Gasteiger partial charge in [-0.3, -0.25) is 0 Å². The molecule has 0 atom stereocenters. The summed E-state index contributed by atoms with van der Waals surface area (Å²) in [7, 11) is 0. The Hall–Kier alpha value is -2.11. The monoisotopic (exact) mass is 453 g/mol. The van der Waals surface area contributed by atoms with Crippen molar-refractivity contribution in [2.24, 2.45) is 10.9 Å². The van der Waals surface area contributed by atoms with Crippen LogP contribution in [0.1, 0.15) is 69.8 Å². The number of thiocarbonyl (C=S) groups is 1. The number of isothiocyanates is 1. The molecule has 166 valence electrons. The van der Waals surface area contributed by atoms with Gasteiger partial charge in [0.05, 0.1) is 10.7 Å². The average molecular weight is 454 g/mol. The van der Waals surface area contributed by atoms with E-state index < -0.39 is 45.9 Å². The first-order chi connectivity index (χ1) is 14.9. The average Bonchev–Trinajstić information content (AvgIpc) is 2.77. The highest BCUT2D eigenvalue weighted by molar-refractivity contribution is 7.78. The predicted octanol–water partition coefficient (Wildman–Crippen LogP) is 8.64. The third-order valence-electron chi connectivity index (χ3n) is 6.19. The normalized spacial score (nSPS) is 18.6. The molecule has 0 N–H and O–H groups in total. The van der Waals surface area contributed by atoms with Crippen molar-refractivity contribution in [2.75, 3.05) is 0 Å². The Morgan fingerprint density at radius 2 is 1.58 bits per heavy atom. The van der Waals surface area contributed by atoms with E-state index in [0.717, 1.165) is 31.2 Å². The highest BCUT2D eigenvalue weighted by Gasteiger charge is 2.29. The van der Waals surface area contributed by atoms with Crippen molar-refractivity contribution in [1.82, 2.24) is 0 Å². The largest absolute Gasteiger partial charge is 0.206 e. The van der Waals surface area contributed by atoms with Crippen LogP contribution in [-0.2, 0) is 0 Å². The minimum absolute atomic E-state index is 0.161. The van der Waals surface area contributed by atoms with E-state index in [-0.39, 0.29) is 5.92 Å². The zero-order valence-electron chi connectivity index (χ0n) is 17.3. The van der Waals surface area contributed by atoms with Crippen LogP contribution in [0.4, 0.5) is 27.6 Å². The first-order valence-electron chi connectivity index (χ1n) is 10.6. The summed E-state index contributed by atoms with van der Waals surface area (Å²) in [6.07, 6.45) is 8.86. The van der Waals surface area contributed by atoms with Gasteiger partial charge in [0.15, 0.2) is 29.0 Å². The SMILES string of the molecule is CCCCCC1CCC(c2ccc(-c3c(F)c(F)c(N=C=S)c(F)c3F)c(F)c2)CC1. The van der Waals surface area contributed by atoms with E-state index in [0.29, 0.717) is 5.92 Å². The molecule has 2 aromatic rings. The second-order valence-corrected chi connectivity index (χ2v) is 8.32. The molecule has 1 nitrogen and oxygen atoms in total. The summed E-state index contributed by atoms with van der Waals surface area (Å²) in [4.78, 5) is 3.03. The van der Waals surface area contributed by atoms with Crippen molar-refractivity contribution in [3.05, 3.63) is 52.8 Å². The molecule has 1 fully saturated rings. The van der Waals surface area contributed by atoms with Gasteiger partial charge >= 0.3 is 0 Å². The van der Waals surface area contributed by atoms with Crippen molar-refractivity contribution in [3.8, 4) is 11.1 Å². The molecule has 31 heavy (non-hydrogen) atoms. The van der Waals surface area contributed by atoms with Gasteiger partial charge in [0.1, 0.15) is 5.82 Å². The molecular formula is C24H24F5NS. The fourth-order valence-electron chi connectivity index (χ4n) is 4.46. The number of nitrogens with zero attached hydrogens (tertiary/aromatic N) is 1. The lowest BCUT2D eigenvalue weighted by Crippen LogP contribution is -2.13. The number of rotatable bonds is 7. The van der Waals surface area contributed by atoms with Gasteiger partial charge in [0, 0.05) is 5.56 Å². The molecule has 7 heteroatoms. The Labute approximate surface area is 184 Å². The van der Waals surface area contributed by atoms with Crippen LogP contribution in [0.2, 0.25) is 0 Å². The Balaban J connectivity index is 1.84. The van der Waals surface area contributed by atoms with E-state index in [9.17, 15) is 22.0 Å². The van der Waals surface area contributed by atoms with Gasteiger partial charge in [0.2, 0.25) is 0 Å². The Bertz CT molecular complexity index is 963. The van der Waals surface area contributed by atoms with Crippen molar-refractivity contribution < 1.29 is 22.0 Å². The highest BCUT2D eigenvalue weighted by atomic mass is 32.1. The summed E-state index contributed by atoms with van der Waals surface area (Å²) in [6, 6.07) is 3.98. The van der Waals surface area contributed by atoms with Crippen molar-refractivity contribution in [1.29, 1.82) is 0 Å². The number of halogens is 5. The molecular weight excluding hydrogens is 429 g/mol. The van der Waals surface area contributed by atoms with Crippen LogP contribution in [-0.4, -0.2) is 5.16 Å². The number of hydrogen-bond acceptors (Lipinski definition) is 2. The van der Waals surface area contributed by atoms with E-state index in [2.05, 4.69) is 24.1 Å². The summed E-state index contributed by atoms with van der Waals surface area (Å²) in [5.74, 6) is -7.00.